The van der Waals surface area contributed by atoms with Crippen molar-refractivity contribution in [3.63, 3.8) is 0 Å². The van der Waals surface area contributed by atoms with Gasteiger partial charge in [0.25, 0.3) is 0 Å². The summed E-state index contributed by atoms with van der Waals surface area (Å²) in [6.45, 7) is 0. The molecule has 0 amide bonds. The fraction of sp³-hybridized carbons (Fsp3) is 0.133. The maximum atomic E-state index is 11.4. The zero-order chi connectivity index (χ0) is 15.4. The summed E-state index contributed by atoms with van der Waals surface area (Å²) in [6.07, 6.45) is -1.17. The highest BCUT2D eigenvalue weighted by molar-refractivity contribution is 6.35. The molecule has 0 spiro atoms. The van der Waals surface area contributed by atoms with E-state index >= 15 is 0 Å². The van der Waals surface area contributed by atoms with Crippen molar-refractivity contribution in [3.05, 3.63) is 58.1 Å². The summed E-state index contributed by atoms with van der Waals surface area (Å²) in [5, 5.41) is 10.0. The van der Waals surface area contributed by atoms with Gasteiger partial charge < -0.3 is 14.6 Å². The molecule has 2 rings (SSSR count). The molecule has 2 aromatic carbocycles. The van der Waals surface area contributed by atoms with Crippen LogP contribution in [0.4, 0.5) is 0 Å². The van der Waals surface area contributed by atoms with Crippen LogP contribution >= 0.6 is 23.2 Å². The molecule has 0 saturated carbocycles. The number of rotatable bonds is 5. The van der Waals surface area contributed by atoms with Crippen LogP contribution in [0.1, 0.15) is 11.7 Å². The van der Waals surface area contributed by atoms with Crippen molar-refractivity contribution < 1.29 is 19.4 Å². The molecule has 0 aromatic heterocycles. The quantitative estimate of drug-likeness (QED) is 0.894. The first-order valence-electron chi connectivity index (χ1n) is 5.99. The molecular formula is C15H12Cl2O4. The standard InChI is InChI=1S/C15H12Cl2O4/c1-20-11-5-2-9(3-6-11)14(15(18)19)21-13-7-4-10(16)8-12(13)17/h2-8,14H,1H3,(H,18,19). The number of methoxy groups -OCH3 is 1. The van der Waals surface area contributed by atoms with Crippen LogP contribution in [0, 0.1) is 0 Å². The summed E-state index contributed by atoms with van der Waals surface area (Å²) in [7, 11) is 1.54. The van der Waals surface area contributed by atoms with Crippen molar-refractivity contribution in [1.82, 2.24) is 0 Å². The van der Waals surface area contributed by atoms with Gasteiger partial charge in [0.1, 0.15) is 11.5 Å². The summed E-state index contributed by atoms with van der Waals surface area (Å²) in [5.74, 6) is -0.233. The van der Waals surface area contributed by atoms with Crippen LogP contribution in [0.2, 0.25) is 10.0 Å². The number of halogens is 2. The van der Waals surface area contributed by atoms with Crippen molar-refractivity contribution in [2.75, 3.05) is 7.11 Å². The van der Waals surface area contributed by atoms with Crippen LogP contribution in [0.15, 0.2) is 42.5 Å². The number of aliphatic carboxylic acids is 1. The van der Waals surface area contributed by atoms with E-state index in [9.17, 15) is 9.90 Å². The maximum Gasteiger partial charge on any atom is 0.349 e. The highest BCUT2D eigenvalue weighted by Gasteiger charge is 2.23. The first kappa shape index (κ1) is 15.5. The predicted molar refractivity (Wildman–Crippen MR) is 80.5 cm³/mol. The van der Waals surface area contributed by atoms with Gasteiger partial charge in [0, 0.05) is 10.6 Å². The fourth-order valence-corrected chi connectivity index (χ4v) is 2.19. The van der Waals surface area contributed by atoms with E-state index in [2.05, 4.69) is 0 Å². The minimum atomic E-state index is -1.17. The Labute approximate surface area is 131 Å². The molecule has 0 aliphatic heterocycles. The topological polar surface area (TPSA) is 55.8 Å². The molecule has 1 N–H and O–H groups in total. The van der Waals surface area contributed by atoms with E-state index in [0.29, 0.717) is 16.3 Å². The predicted octanol–water partition coefficient (Wildman–Crippen LogP) is 4.21. The Morgan fingerprint density at radius 2 is 1.81 bits per heavy atom. The van der Waals surface area contributed by atoms with Gasteiger partial charge in [-0.15, -0.1) is 0 Å². The highest BCUT2D eigenvalue weighted by atomic mass is 35.5. The van der Waals surface area contributed by atoms with Gasteiger partial charge in [-0.25, -0.2) is 4.79 Å². The fourth-order valence-electron chi connectivity index (χ4n) is 1.74. The smallest absolute Gasteiger partial charge is 0.349 e. The van der Waals surface area contributed by atoms with Crippen LogP contribution in [-0.4, -0.2) is 18.2 Å². The zero-order valence-electron chi connectivity index (χ0n) is 11.0. The van der Waals surface area contributed by atoms with Gasteiger partial charge in [-0.05, 0) is 30.3 Å². The first-order valence-corrected chi connectivity index (χ1v) is 6.75. The van der Waals surface area contributed by atoms with Gasteiger partial charge in [-0.2, -0.15) is 0 Å². The van der Waals surface area contributed by atoms with Crippen LogP contribution in [-0.2, 0) is 4.79 Å². The van der Waals surface area contributed by atoms with Gasteiger partial charge in [0.2, 0.25) is 6.10 Å². The third kappa shape index (κ3) is 3.80. The maximum absolute atomic E-state index is 11.4. The average Bonchev–Trinajstić information content (AvgIpc) is 2.46. The van der Waals surface area contributed by atoms with Crippen molar-refractivity contribution in [2.45, 2.75) is 6.10 Å². The van der Waals surface area contributed by atoms with E-state index in [1.54, 1.807) is 30.3 Å². The van der Waals surface area contributed by atoms with Gasteiger partial charge in [0.15, 0.2) is 0 Å². The summed E-state index contributed by atoms with van der Waals surface area (Å²) in [5.41, 5.74) is 0.481. The van der Waals surface area contributed by atoms with Gasteiger partial charge >= 0.3 is 5.97 Å². The minimum absolute atomic E-state index is 0.252. The van der Waals surface area contributed by atoms with Crippen LogP contribution in [0.5, 0.6) is 11.5 Å². The van der Waals surface area contributed by atoms with Crippen LogP contribution in [0.3, 0.4) is 0 Å². The second-order valence-corrected chi connectivity index (χ2v) is 5.03. The third-order valence-electron chi connectivity index (χ3n) is 2.78. The summed E-state index contributed by atoms with van der Waals surface area (Å²) < 4.78 is 10.5. The van der Waals surface area contributed by atoms with E-state index < -0.39 is 12.1 Å². The SMILES string of the molecule is COc1ccc(C(Oc2ccc(Cl)cc2Cl)C(=O)O)cc1. The Bertz CT molecular complexity index is 641. The summed E-state index contributed by atoms with van der Waals surface area (Å²) >= 11 is 11.8. The van der Waals surface area contributed by atoms with Gasteiger partial charge in [-0.3, -0.25) is 0 Å². The van der Waals surface area contributed by atoms with E-state index in [1.165, 1.54) is 19.2 Å². The normalized spacial score (nSPS) is 11.8. The number of hydrogen-bond donors (Lipinski definition) is 1. The number of ether oxygens (including phenoxy) is 2. The molecule has 0 saturated heterocycles. The molecule has 6 heteroatoms. The molecule has 0 heterocycles. The number of carboxylic acid groups (broad SMARTS) is 1. The Kier molecular flexibility index (Phi) is 4.94. The average molecular weight is 327 g/mol. The van der Waals surface area contributed by atoms with Crippen LogP contribution in [0.25, 0.3) is 0 Å². The number of benzene rings is 2. The monoisotopic (exact) mass is 326 g/mol. The Balaban J connectivity index is 2.28. The van der Waals surface area contributed by atoms with E-state index in [0.717, 1.165) is 0 Å². The first-order chi connectivity index (χ1) is 10.0. The van der Waals surface area contributed by atoms with Crippen molar-refractivity contribution in [2.24, 2.45) is 0 Å². The molecule has 0 aliphatic carbocycles. The molecule has 110 valence electrons. The summed E-state index contributed by atoms with van der Waals surface area (Å²) in [4.78, 5) is 11.4. The molecule has 21 heavy (non-hydrogen) atoms. The van der Waals surface area contributed by atoms with Gasteiger partial charge in [0.05, 0.1) is 12.1 Å². The summed E-state index contributed by atoms with van der Waals surface area (Å²) in [6, 6.07) is 11.2. The number of carbonyl (C=O) groups is 1. The van der Waals surface area contributed by atoms with Crippen molar-refractivity contribution >= 4 is 29.2 Å². The molecule has 4 nitrogen and oxygen atoms in total. The van der Waals surface area contributed by atoms with Crippen molar-refractivity contribution in [1.29, 1.82) is 0 Å². The molecule has 1 atom stereocenters. The van der Waals surface area contributed by atoms with E-state index in [1.807, 2.05) is 0 Å². The number of carboxylic acids is 1. The Morgan fingerprint density at radius 3 is 2.33 bits per heavy atom. The lowest BCUT2D eigenvalue weighted by molar-refractivity contribution is -0.145. The molecular weight excluding hydrogens is 315 g/mol. The van der Waals surface area contributed by atoms with E-state index in [-0.39, 0.29) is 10.8 Å². The molecule has 1 unspecified atom stereocenters. The van der Waals surface area contributed by atoms with Crippen LogP contribution < -0.4 is 9.47 Å². The lowest BCUT2D eigenvalue weighted by atomic mass is 10.1. The molecule has 0 radical (unpaired) electrons. The minimum Gasteiger partial charge on any atom is -0.497 e. The highest BCUT2D eigenvalue weighted by Crippen LogP contribution is 2.32. The Hall–Kier alpha value is -1.91. The Morgan fingerprint density at radius 1 is 1.14 bits per heavy atom. The molecule has 2 aromatic rings. The van der Waals surface area contributed by atoms with Crippen molar-refractivity contribution in [3.8, 4) is 11.5 Å². The number of hydrogen-bond acceptors (Lipinski definition) is 3. The lowest BCUT2D eigenvalue weighted by Gasteiger charge is -2.16. The lowest BCUT2D eigenvalue weighted by Crippen LogP contribution is -2.18. The zero-order valence-corrected chi connectivity index (χ0v) is 12.6. The second kappa shape index (κ2) is 6.70. The third-order valence-corrected chi connectivity index (χ3v) is 3.31. The van der Waals surface area contributed by atoms with E-state index in [4.69, 9.17) is 32.7 Å². The largest absolute Gasteiger partial charge is 0.497 e. The molecule has 0 bridgehead atoms. The molecule has 0 aliphatic rings. The second-order valence-electron chi connectivity index (χ2n) is 4.18. The van der Waals surface area contributed by atoms with Gasteiger partial charge in [-0.1, -0.05) is 35.3 Å². The molecule has 0 fully saturated rings.